The molecule has 0 aromatic heterocycles. The number of fused-ring (bicyclic) bond motifs is 2. The molecular formula is C19H23N3O5. The van der Waals surface area contributed by atoms with Crippen LogP contribution < -0.4 is 5.32 Å². The standard InChI is InChI=1S/C19H23N3O5/c1-11-5-6-12(9-14(11)22(26)27)20-15(23)10-21-16(24)13-7-8-19(4,17(21)25)18(13,2)3/h5-6,9,13H,7-8,10H2,1-4H3,(H,20,23). The van der Waals surface area contributed by atoms with Crippen molar-refractivity contribution in [3.8, 4) is 0 Å². The number of nitro benzene ring substituents is 1. The molecule has 144 valence electrons. The maximum Gasteiger partial charge on any atom is 0.274 e. The van der Waals surface area contributed by atoms with Gasteiger partial charge in [-0.15, -0.1) is 0 Å². The molecule has 1 aromatic carbocycles. The summed E-state index contributed by atoms with van der Waals surface area (Å²) in [6, 6.07) is 4.35. The third kappa shape index (κ3) is 2.79. The van der Waals surface area contributed by atoms with Crippen LogP contribution in [0.15, 0.2) is 18.2 Å². The van der Waals surface area contributed by atoms with Gasteiger partial charge >= 0.3 is 0 Å². The Labute approximate surface area is 157 Å². The molecule has 1 aliphatic carbocycles. The number of anilines is 1. The first kappa shape index (κ1) is 19.0. The molecule has 1 N–H and O–H groups in total. The highest BCUT2D eigenvalue weighted by Gasteiger charge is 2.64. The molecule has 3 amide bonds. The van der Waals surface area contributed by atoms with Crippen LogP contribution in [0.1, 0.15) is 39.2 Å². The minimum atomic E-state index is -0.672. The van der Waals surface area contributed by atoms with Crippen molar-refractivity contribution in [2.75, 3.05) is 11.9 Å². The molecule has 1 aromatic rings. The summed E-state index contributed by atoms with van der Waals surface area (Å²) in [7, 11) is 0. The van der Waals surface area contributed by atoms with E-state index < -0.39 is 21.7 Å². The summed E-state index contributed by atoms with van der Waals surface area (Å²) in [4.78, 5) is 49.7. The number of likely N-dealkylation sites (tertiary alicyclic amines) is 1. The van der Waals surface area contributed by atoms with E-state index >= 15 is 0 Å². The first-order valence-electron chi connectivity index (χ1n) is 8.90. The van der Waals surface area contributed by atoms with Crippen molar-refractivity contribution in [3.63, 3.8) is 0 Å². The van der Waals surface area contributed by atoms with Gasteiger partial charge in [0.2, 0.25) is 17.7 Å². The van der Waals surface area contributed by atoms with E-state index in [1.807, 2.05) is 20.8 Å². The number of carbonyl (C=O) groups excluding carboxylic acids is 3. The van der Waals surface area contributed by atoms with Crippen LogP contribution in [0.25, 0.3) is 0 Å². The lowest BCUT2D eigenvalue weighted by Crippen LogP contribution is -2.60. The van der Waals surface area contributed by atoms with Crippen molar-refractivity contribution in [1.29, 1.82) is 0 Å². The molecular weight excluding hydrogens is 350 g/mol. The summed E-state index contributed by atoms with van der Waals surface area (Å²) in [5.74, 6) is -1.48. The zero-order valence-electron chi connectivity index (χ0n) is 15.9. The van der Waals surface area contributed by atoms with Gasteiger partial charge in [-0.05, 0) is 31.2 Å². The van der Waals surface area contributed by atoms with E-state index in [0.717, 1.165) is 4.90 Å². The number of amides is 3. The van der Waals surface area contributed by atoms with E-state index in [1.165, 1.54) is 12.1 Å². The predicted octanol–water partition coefficient (Wildman–Crippen LogP) is 2.65. The summed E-state index contributed by atoms with van der Waals surface area (Å²) >= 11 is 0. The van der Waals surface area contributed by atoms with Gasteiger partial charge < -0.3 is 5.32 Å². The average molecular weight is 373 g/mol. The Morgan fingerprint density at radius 3 is 2.63 bits per heavy atom. The third-order valence-electron chi connectivity index (χ3n) is 6.50. The lowest BCUT2D eigenvalue weighted by atomic mass is 9.62. The fourth-order valence-corrected chi connectivity index (χ4v) is 4.28. The molecule has 0 spiro atoms. The minimum absolute atomic E-state index is 0.106. The van der Waals surface area contributed by atoms with Crippen molar-refractivity contribution in [1.82, 2.24) is 4.90 Å². The molecule has 2 fully saturated rings. The molecule has 1 heterocycles. The Morgan fingerprint density at radius 1 is 1.33 bits per heavy atom. The van der Waals surface area contributed by atoms with Crippen molar-refractivity contribution in [2.45, 2.75) is 40.5 Å². The SMILES string of the molecule is Cc1ccc(NC(=O)CN2C(=O)C3CCC(C)(C2=O)C3(C)C)cc1[N+](=O)[O-]. The molecule has 2 aliphatic rings. The number of aryl methyl sites for hydroxylation is 1. The van der Waals surface area contributed by atoms with E-state index in [1.54, 1.807) is 13.0 Å². The molecule has 0 radical (unpaired) electrons. The monoisotopic (exact) mass is 373 g/mol. The number of carbonyl (C=O) groups is 3. The molecule has 3 rings (SSSR count). The van der Waals surface area contributed by atoms with Gasteiger partial charge in [0.1, 0.15) is 6.54 Å². The van der Waals surface area contributed by atoms with Gasteiger partial charge in [-0.3, -0.25) is 29.4 Å². The van der Waals surface area contributed by atoms with Gasteiger partial charge in [0.05, 0.1) is 10.3 Å². The number of nitrogens with one attached hydrogen (secondary N) is 1. The van der Waals surface area contributed by atoms with Gasteiger partial charge in [-0.25, -0.2) is 0 Å². The fraction of sp³-hybridized carbons (Fsp3) is 0.526. The zero-order chi connectivity index (χ0) is 20.1. The fourth-order valence-electron chi connectivity index (χ4n) is 4.28. The van der Waals surface area contributed by atoms with Gasteiger partial charge in [0.25, 0.3) is 5.69 Å². The highest BCUT2D eigenvalue weighted by molar-refractivity contribution is 6.07. The minimum Gasteiger partial charge on any atom is -0.324 e. The van der Waals surface area contributed by atoms with E-state index in [-0.39, 0.29) is 35.7 Å². The molecule has 1 saturated heterocycles. The summed E-state index contributed by atoms with van der Waals surface area (Å²) in [6.07, 6.45) is 1.26. The number of nitrogens with zero attached hydrogens (tertiary/aromatic N) is 2. The summed E-state index contributed by atoms with van der Waals surface area (Å²) in [5.41, 5.74) is -0.486. The van der Waals surface area contributed by atoms with Crippen LogP contribution in [-0.2, 0) is 14.4 Å². The highest BCUT2D eigenvalue weighted by Crippen LogP contribution is 2.59. The van der Waals surface area contributed by atoms with Crippen molar-refractivity contribution in [2.24, 2.45) is 16.7 Å². The number of rotatable bonds is 4. The first-order valence-corrected chi connectivity index (χ1v) is 8.90. The van der Waals surface area contributed by atoms with Crippen LogP contribution in [0.5, 0.6) is 0 Å². The zero-order valence-corrected chi connectivity index (χ0v) is 15.9. The number of hydrogen-bond acceptors (Lipinski definition) is 5. The number of imide groups is 1. The molecule has 1 saturated carbocycles. The molecule has 2 bridgehead atoms. The Morgan fingerprint density at radius 2 is 2.00 bits per heavy atom. The van der Waals surface area contributed by atoms with E-state index in [9.17, 15) is 24.5 Å². The van der Waals surface area contributed by atoms with Gasteiger partial charge in [-0.2, -0.15) is 0 Å². The maximum atomic E-state index is 12.9. The van der Waals surface area contributed by atoms with Crippen LogP contribution in [-0.4, -0.2) is 34.1 Å². The number of nitro groups is 1. The topological polar surface area (TPSA) is 110 Å². The van der Waals surface area contributed by atoms with E-state index in [4.69, 9.17) is 0 Å². The molecule has 8 heteroatoms. The predicted molar refractivity (Wildman–Crippen MR) is 97.8 cm³/mol. The van der Waals surface area contributed by atoms with Crippen molar-refractivity contribution >= 4 is 29.1 Å². The van der Waals surface area contributed by atoms with Crippen LogP contribution in [0, 0.1) is 33.8 Å². The maximum absolute atomic E-state index is 12.9. The van der Waals surface area contributed by atoms with Crippen LogP contribution >= 0.6 is 0 Å². The largest absolute Gasteiger partial charge is 0.324 e. The number of hydrogen-bond donors (Lipinski definition) is 1. The Bertz CT molecular complexity index is 863. The van der Waals surface area contributed by atoms with Crippen LogP contribution in [0.4, 0.5) is 11.4 Å². The Hall–Kier alpha value is -2.77. The molecule has 2 atom stereocenters. The lowest BCUT2D eigenvalue weighted by molar-refractivity contribution is -0.385. The van der Waals surface area contributed by atoms with Crippen molar-refractivity contribution in [3.05, 3.63) is 33.9 Å². The molecule has 8 nitrogen and oxygen atoms in total. The summed E-state index contributed by atoms with van der Waals surface area (Å²) < 4.78 is 0. The number of benzene rings is 1. The second kappa shape index (κ2) is 6.14. The quantitative estimate of drug-likeness (QED) is 0.496. The van der Waals surface area contributed by atoms with Crippen LogP contribution in [0.2, 0.25) is 0 Å². The summed E-state index contributed by atoms with van der Waals surface area (Å²) in [6.45, 7) is 6.94. The first-order chi connectivity index (χ1) is 12.5. The summed E-state index contributed by atoms with van der Waals surface area (Å²) in [5, 5.41) is 13.6. The van der Waals surface area contributed by atoms with E-state index in [0.29, 0.717) is 18.4 Å². The highest BCUT2D eigenvalue weighted by atomic mass is 16.6. The third-order valence-corrected chi connectivity index (χ3v) is 6.50. The smallest absolute Gasteiger partial charge is 0.274 e. The second-order valence-electron chi connectivity index (χ2n) is 8.18. The average Bonchev–Trinajstić information content (AvgIpc) is 2.77. The van der Waals surface area contributed by atoms with Gasteiger partial charge in [-0.1, -0.05) is 26.8 Å². The van der Waals surface area contributed by atoms with Gasteiger partial charge in [0.15, 0.2) is 0 Å². The van der Waals surface area contributed by atoms with Crippen LogP contribution in [0.3, 0.4) is 0 Å². The van der Waals surface area contributed by atoms with E-state index in [2.05, 4.69) is 5.32 Å². The lowest BCUT2D eigenvalue weighted by Gasteiger charge is -2.47. The molecule has 27 heavy (non-hydrogen) atoms. The normalized spacial score (nSPS) is 26.2. The van der Waals surface area contributed by atoms with Crippen molar-refractivity contribution < 1.29 is 19.3 Å². The van der Waals surface area contributed by atoms with Gasteiger partial charge in [0, 0.05) is 23.2 Å². The second-order valence-corrected chi connectivity index (χ2v) is 8.18. The molecule has 2 unspecified atom stereocenters. The Balaban J connectivity index is 1.77. The Kier molecular flexibility index (Phi) is 4.32. The molecule has 1 aliphatic heterocycles. The number of piperidine rings is 1.